The smallest absolute Gasteiger partial charge is 0.257 e. The van der Waals surface area contributed by atoms with Crippen LogP contribution in [-0.2, 0) is 11.2 Å². The first-order valence-electron chi connectivity index (χ1n) is 6.33. The van der Waals surface area contributed by atoms with Crippen molar-refractivity contribution in [1.29, 1.82) is 5.26 Å². The van der Waals surface area contributed by atoms with Gasteiger partial charge in [-0.2, -0.15) is 5.26 Å². The molecule has 6 heteroatoms. The van der Waals surface area contributed by atoms with Gasteiger partial charge in [0, 0.05) is 17.1 Å². The van der Waals surface area contributed by atoms with Crippen molar-refractivity contribution in [3.8, 4) is 11.8 Å². The Morgan fingerprint density at radius 2 is 2.35 bits per heavy atom. The number of nitrogens with one attached hydrogen (secondary N) is 1. The highest BCUT2D eigenvalue weighted by Crippen LogP contribution is 2.23. The molecule has 0 aromatic heterocycles. The van der Waals surface area contributed by atoms with Gasteiger partial charge < -0.3 is 15.8 Å². The molecule has 1 atom stereocenters. The highest BCUT2D eigenvalue weighted by atomic mass is 79.9. The average Bonchev–Trinajstić information content (AvgIpc) is 2.39. The van der Waals surface area contributed by atoms with Gasteiger partial charge in [0.25, 0.3) is 5.91 Å². The molecule has 0 saturated carbocycles. The van der Waals surface area contributed by atoms with Crippen molar-refractivity contribution in [2.24, 2.45) is 5.73 Å². The second-order valence-electron chi connectivity index (χ2n) is 4.48. The van der Waals surface area contributed by atoms with Gasteiger partial charge >= 0.3 is 0 Å². The van der Waals surface area contributed by atoms with Gasteiger partial charge in [-0.05, 0) is 37.1 Å². The van der Waals surface area contributed by atoms with Crippen molar-refractivity contribution in [2.45, 2.75) is 25.8 Å². The molecule has 0 radical (unpaired) electrons. The number of nitrogens with two attached hydrogens (primary N) is 1. The summed E-state index contributed by atoms with van der Waals surface area (Å²) in [4.78, 5) is 11.4. The van der Waals surface area contributed by atoms with Crippen LogP contribution in [0.4, 0.5) is 0 Å². The summed E-state index contributed by atoms with van der Waals surface area (Å²) in [5.74, 6) is 0.385. The van der Waals surface area contributed by atoms with E-state index in [1.807, 2.05) is 25.1 Å². The first kappa shape index (κ1) is 16.5. The topological polar surface area (TPSA) is 88.1 Å². The van der Waals surface area contributed by atoms with Crippen LogP contribution in [0.3, 0.4) is 0 Å². The highest BCUT2D eigenvalue weighted by molar-refractivity contribution is 9.10. The zero-order valence-corrected chi connectivity index (χ0v) is 12.9. The zero-order valence-electron chi connectivity index (χ0n) is 11.4. The number of carbonyl (C=O) groups excluding carboxylic acids is 1. The summed E-state index contributed by atoms with van der Waals surface area (Å²) in [7, 11) is 0. The molecule has 1 rings (SSSR count). The second kappa shape index (κ2) is 8.56. The van der Waals surface area contributed by atoms with Gasteiger partial charge in [-0.1, -0.05) is 15.9 Å². The SMILES string of the molecule is CC(N)Cc1cc(OCC(=O)NCCC#N)ccc1Br. The van der Waals surface area contributed by atoms with Crippen molar-refractivity contribution in [3.63, 3.8) is 0 Å². The molecule has 1 aromatic rings. The first-order chi connectivity index (χ1) is 9.52. The van der Waals surface area contributed by atoms with Crippen LogP contribution in [0, 0.1) is 11.3 Å². The summed E-state index contributed by atoms with van der Waals surface area (Å²) in [6.07, 6.45) is 1.02. The van der Waals surface area contributed by atoms with Gasteiger partial charge in [0.15, 0.2) is 6.61 Å². The quantitative estimate of drug-likeness (QED) is 0.740. The maximum atomic E-state index is 11.4. The van der Waals surface area contributed by atoms with Crippen LogP contribution in [0.2, 0.25) is 0 Å². The van der Waals surface area contributed by atoms with E-state index in [1.54, 1.807) is 6.07 Å². The Bertz CT molecular complexity index is 498. The molecule has 3 N–H and O–H groups in total. The van der Waals surface area contributed by atoms with E-state index in [0.29, 0.717) is 18.7 Å². The Labute approximate surface area is 127 Å². The molecule has 20 heavy (non-hydrogen) atoms. The van der Waals surface area contributed by atoms with Crippen LogP contribution >= 0.6 is 15.9 Å². The lowest BCUT2D eigenvalue weighted by Crippen LogP contribution is -2.29. The number of benzene rings is 1. The number of ether oxygens (including phenoxy) is 1. The van der Waals surface area contributed by atoms with Crippen molar-refractivity contribution in [1.82, 2.24) is 5.32 Å². The molecule has 0 bridgehead atoms. The molecule has 0 aliphatic heterocycles. The van der Waals surface area contributed by atoms with E-state index in [9.17, 15) is 4.79 Å². The van der Waals surface area contributed by atoms with Gasteiger partial charge in [-0.15, -0.1) is 0 Å². The number of halogens is 1. The minimum atomic E-state index is -0.239. The van der Waals surface area contributed by atoms with Gasteiger partial charge in [0.1, 0.15) is 5.75 Å². The first-order valence-corrected chi connectivity index (χ1v) is 7.12. The predicted molar refractivity (Wildman–Crippen MR) is 80.2 cm³/mol. The number of rotatable bonds is 7. The van der Waals surface area contributed by atoms with E-state index in [-0.39, 0.29) is 18.6 Å². The highest BCUT2D eigenvalue weighted by Gasteiger charge is 2.07. The molecule has 0 aliphatic carbocycles. The maximum absolute atomic E-state index is 11.4. The lowest BCUT2D eigenvalue weighted by Gasteiger charge is -2.11. The fourth-order valence-electron chi connectivity index (χ4n) is 1.60. The molecular formula is C14H18BrN3O2. The maximum Gasteiger partial charge on any atom is 0.257 e. The normalized spacial score (nSPS) is 11.5. The number of nitrogens with zero attached hydrogens (tertiary/aromatic N) is 1. The molecule has 0 spiro atoms. The van der Waals surface area contributed by atoms with Crippen molar-refractivity contribution >= 4 is 21.8 Å². The third-order valence-corrected chi connectivity index (χ3v) is 3.26. The van der Waals surface area contributed by atoms with E-state index >= 15 is 0 Å². The number of hydrogen-bond acceptors (Lipinski definition) is 4. The predicted octanol–water partition coefficient (Wildman–Crippen LogP) is 1.75. The number of carbonyl (C=O) groups is 1. The molecule has 0 fully saturated rings. The monoisotopic (exact) mass is 339 g/mol. The van der Waals surface area contributed by atoms with Crippen LogP contribution in [0.15, 0.2) is 22.7 Å². The molecule has 108 valence electrons. The molecule has 1 amide bonds. The summed E-state index contributed by atoms with van der Waals surface area (Å²) in [5.41, 5.74) is 6.83. The number of hydrogen-bond donors (Lipinski definition) is 2. The number of nitriles is 1. The zero-order chi connectivity index (χ0) is 15.0. The fraction of sp³-hybridized carbons (Fsp3) is 0.429. The van der Waals surface area contributed by atoms with Crippen LogP contribution in [0.5, 0.6) is 5.75 Å². The fourth-order valence-corrected chi connectivity index (χ4v) is 2.01. The Kier molecular flexibility index (Phi) is 7.05. The Balaban J connectivity index is 2.52. The molecule has 5 nitrogen and oxygen atoms in total. The van der Waals surface area contributed by atoms with E-state index in [0.717, 1.165) is 16.5 Å². The average molecular weight is 340 g/mol. The van der Waals surface area contributed by atoms with Gasteiger partial charge in [0.2, 0.25) is 0 Å². The summed E-state index contributed by atoms with van der Waals surface area (Å²) in [6, 6.07) is 7.54. The van der Waals surface area contributed by atoms with Crippen LogP contribution in [-0.4, -0.2) is 25.1 Å². The number of amides is 1. The molecule has 0 heterocycles. The summed E-state index contributed by atoms with van der Waals surface area (Å²) in [6.45, 7) is 2.21. The van der Waals surface area contributed by atoms with E-state index in [4.69, 9.17) is 15.7 Å². The van der Waals surface area contributed by atoms with E-state index < -0.39 is 0 Å². The second-order valence-corrected chi connectivity index (χ2v) is 5.34. The van der Waals surface area contributed by atoms with Gasteiger partial charge in [0.05, 0.1) is 12.5 Å². The van der Waals surface area contributed by atoms with Crippen LogP contribution in [0.1, 0.15) is 18.9 Å². The molecule has 1 aromatic carbocycles. The van der Waals surface area contributed by atoms with Crippen LogP contribution in [0.25, 0.3) is 0 Å². The molecule has 1 unspecified atom stereocenters. The summed E-state index contributed by atoms with van der Waals surface area (Å²) < 4.78 is 6.39. The summed E-state index contributed by atoms with van der Waals surface area (Å²) in [5, 5.41) is 11.0. The van der Waals surface area contributed by atoms with Crippen molar-refractivity contribution in [3.05, 3.63) is 28.2 Å². The third-order valence-electron chi connectivity index (χ3n) is 2.49. The Morgan fingerprint density at radius 1 is 1.60 bits per heavy atom. The van der Waals surface area contributed by atoms with E-state index in [1.165, 1.54) is 0 Å². The molecule has 0 saturated heterocycles. The van der Waals surface area contributed by atoms with Gasteiger partial charge in [-0.3, -0.25) is 4.79 Å². The largest absolute Gasteiger partial charge is 0.484 e. The van der Waals surface area contributed by atoms with Crippen molar-refractivity contribution in [2.75, 3.05) is 13.2 Å². The Hall–Kier alpha value is -1.58. The third kappa shape index (κ3) is 6.04. The molecule has 0 aliphatic rings. The molecular weight excluding hydrogens is 322 g/mol. The van der Waals surface area contributed by atoms with Gasteiger partial charge in [-0.25, -0.2) is 0 Å². The standard InChI is InChI=1S/C14H18BrN3O2/c1-10(17)7-11-8-12(3-4-13(11)15)20-9-14(19)18-6-2-5-16/h3-4,8,10H,2,6-7,9,17H2,1H3,(H,18,19). The Morgan fingerprint density at radius 3 is 3.00 bits per heavy atom. The summed E-state index contributed by atoms with van der Waals surface area (Å²) >= 11 is 3.46. The lowest BCUT2D eigenvalue weighted by molar-refractivity contribution is -0.123. The van der Waals surface area contributed by atoms with Crippen molar-refractivity contribution < 1.29 is 9.53 Å². The minimum Gasteiger partial charge on any atom is -0.484 e. The lowest BCUT2D eigenvalue weighted by atomic mass is 10.1. The minimum absolute atomic E-state index is 0.0517. The van der Waals surface area contributed by atoms with Crippen LogP contribution < -0.4 is 15.8 Å². The van der Waals surface area contributed by atoms with E-state index in [2.05, 4.69) is 21.2 Å².